The minimum absolute atomic E-state index is 0.0849. The maximum atomic E-state index is 12.9. The molecule has 0 fully saturated rings. The Bertz CT molecular complexity index is 988. The van der Waals surface area contributed by atoms with Crippen LogP contribution in [-0.2, 0) is 11.2 Å². The van der Waals surface area contributed by atoms with Crippen LogP contribution in [0.4, 0.5) is 16.5 Å². The zero-order valence-electron chi connectivity index (χ0n) is 13.0. The van der Waals surface area contributed by atoms with E-state index in [0.29, 0.717) is 11.6 Å². The molecule has 0 saturated heterocycles. The third-order valence-corrected chi connectivity index (χ3v) is 6.32. The summed E-state index contributed by atoms with van der Waals surface area (Å²) in [6.07, 6.45) is 2.28. The van der Waals surface area contributed by atoms with Gasteiger partial charge in [-0.05, 0) is 23.8 Å². The van der Waals surface area contributed by atoms with Gasteiger partial charge < -0.3 is 15.3 Å². The molecule has 5 nitrogen and oxygen atoms in total. The van der Waals surface area contributed by atoms with E-state index in [1.807, 2.05) is 35.7 Å². The Hall–Kier alpha value is -2.51. The highest BCUT2D eigenvalue weighted by Crippen LogP contribution is 2.56. The van der Waals surface area contributed by atoms with Crippen molar-refractivity contribution in [3.05, 3.63) is 53.5 Å². The predicted molar refractivity (Wildman–Crippen MR) is 99.0 cm³/mol. The number of benzene rings is 2. The van der Waals surface area contributed by atoms with E-state index >= 15 is 0 Å². The van der Waals surface area contributed by atoms with Crippen LogP contribution in [0, 0.1) is 0 Å². The Morgan fingerprint density at radius 3 is 3.00 bits per heavy atom. The number of aromatic hydroxyl groups is 1. The van der Waals surface area contributed by atoms with Gasteiger partial charge in [0.1, 0.15) is 11.8 Å². The Morgan fingerprint density at radius 1 is 1.28 bits per heavy atom. The van der Waals surface area contributed by atoms with E-state index in [-0.39, 0.29) is 17.7 Å². The quantitative estimate of drug-likeness (QED) is 0.716. The van der Waals surface area contributed by atoms with Gasteiger partial charge in [-0.15, -0.1) is 11.3 Å². The number of rotatable bonds is 2. The fourth-order valence-electron chi connectivity index (χ4n) is 3.41. The highest BCUT2D eigenvalue weighted by atomic mass is 32.2. The lowest BCUT2D eigenvalue weighted by atomic mass is 10.1. The third kappa shape index (κ3) is 2.23. The minimum atomic E-state index is -0.360. The first-order chi connectivity index (χ1) is 12.2. The van der Waals surface area contributed by atoms with Gasteiger partial charge in [0.15, 0.2) is 5.13 Å². The number of carbonyl (C=O) groups excluding carboxylic acids is 1. The Balaban J connectivity index is 1.61. The van der Waals surface area contributed by atoms with E-state index < -0.39 is 0 Å². The molecule has 2 aromatic carbocycles. The van der Waals surface area contributed by atoms with E-state index in [1.165, 1.54) is 11.3 Å². The maximum Gasteiger partial charge on any atom is 0.249 e. The molecule has 0 saturated carbocycles. The molecule has 1 amide bonds. The Labute approximate surface area is 152 Å². The van der Waals surface area contributed by atoms with Crippen LogP contribution in [0.1, 0.15) is 5.56 Å². The van der Waals surface area contributed by atoms with Crippen LogP contribution in [0.25, 0.3) is 0 Å². The van der Waals surface area contributed by atoms with Gasteiger partial charge >= 0.3 is 0 Å². The van der Waals surface area contributed by atoms with Crippen molar-refractivity contribution in [3.8, 4) is 5.75 Å². The van der Waals surface area contributed by atoms with E-state index in [4.69, 9.17) is 0 Å². The lowest BCUT2D eigenvalue weighted by molar-refractivity contribution is -0.117. The summed E-state index contributed by atoms with van der Waals surface area (Å²) in [5, 5.41) is 15.7. The molecule has 1 aromatic heterocycles. The number of amides is 1. The molecule has 2 N–H and O–H groups in total. The van der Waals surface area contributed by atoms with E-state index in [1.54, 1.807) is 24.0 Å². The first kappa shape index (κ1) is 14.8. The van der Waals surface area contributed by atoms with Crippen LogP contribution in [0.2, 0.25) is 0 Å². The molecule has 0 aliphatic carbocycles. The van der Waals surface area contributed by atoms with E-state index in [0.717, 1.165) is 26.7 Å². The lowest BCUT2D eigenvalue weighted by Gasteiger charge is -2.33. The summed E-state index contributed by atoms with van der Waals surface area (Å²) in [5.41, 5.74) is 3.03. The number of anilines is 3. The van der Waals surface area contributed by atoms with E-state index in [2.05, 4.69) is 15.2 Å². The van der Waals surface area contributed by atoms with Gasteiger partial charge in [0.2, 0.25) is 5.91 Å². The molecule has 0 spiro atoms. The van der Waals surface area contributed by atoms with Gasteiger partial charge in [-0.25, -0.2) is 4.98 Å². The van der Waals surface area contributed by atoms with Crippen molar-refractivity contribution in [2.75, 3.05) is 10.2 Å². The third-order valence-electron chi connectivity index (χ3n) is 4.46. The average Bonchev–Trinajstić information content (AvgIpc) is 3.26. The number of para-hydroxylation sites is 1. The second kappa shape index (κ2) is 5.50. The number of nitrogens with one attached hydrogen (secondary N) is 1. The fraction of sp³-hybridized carbons (Fsp3) is 0.111. The molecule has 5 rings (SSSR count). The summed E-state index contributed by atoms with van der Waals surface area (Å²) in [6.45, 7) is 0. The molecular formula is C18H13N3O2S2. The molecule has 2 aliphatic rings. The highest BCUT2D eigenvalue weighted by Gasteiger charge is 2.41. The number of nitrogens with zero attached hydrogens (tertiary/aromatic N) is 2. The van der Waals surface area contributed by atoms with Crippen LogP contribution >= 0.6 is 23.1 Å². The molecule has 0 radical (unpaired) electrons. The van der Waals surface area contributed by atoms with Gasteiger partial charge in [-0.1, -0.05) is 30.0 Å². The van der Waals surface area contributed by atoms with Gasteiger partial charge in [0.25, 0.3) is 0 Å². The first-order valence-corrected chi connectivity index (χ1v) is 9.53. The maximum absolute atomic E-state index is 12.9. The lowest BCUT2D eigenvalue weighted by Crippen LogP contribution is -2.40. The van der Waals surface area contributed by atoms with Crippen molar-refractivity contribution in [2.24, 2.45) is 0 Å². The molecule has 1 unspecified atom stereocenters. The van der Waals surface area contributed by atoms with Crippen molar-refractivity contribution in [3.63, 3.8) is 0 Å². The number of hydrogen-bond acceptors (Lipinski definition) is 6. The van der Waals surface area contributed by atoms with Gasteiger partial charge in [0, 0.05) is 22.9 Å². The number of phenolic OH excluding ortho intramolecular Hbond substituents is 1. The molecule has 2 aliphatic heterocycles. The molecule has 0 bridgehead atoms. The number of phenols is 1. The topological polar surface area (TPSA) is 65.5 Å². The zero-order valence-corrected chi connectivity index (χ0v) is 14.6. The van der Waals surface area contributed by atoms with Crippen LogP contribution in [0.15, 0.2) is 57.8 Å². The number of thiazole rings is 1. The van der Waals surface area contributed by atoms with E-state index in [9.17, 15) is 9.90 Å². The Kier molecular flexibility index (Phi) is 3.26. The molecule has 3 heterocycles. The number of carbonyl (C=O) groups is 1. The Morgan fingerprint density at radius 2 is 2.16 bits per heavy atom. The van der Waals surface area contributed by atoms with Gasteiger partial charge in [0.05, 0.1) is 16.3 Å². The molecule has 1 atom stereocenters. The van der Waals surface area contributed by atoms with Crippen molar-refractivity contribution in [2.45, 2.75) is 22.3 Å². The fourth-order valence-corrected chi connectivity index (χ4v) is 5.08. The first-order valence-electron chi connectivity index (χ1n) is 7.83. The number of aromatic nitrogens is 1. The average molecular weight is 367 g/mol. The van der Waals surface area contributed by atoms with Crippen LogP contribution in [0.5, 0.6) is 5.75 Å². The normalized spacial score (nSPS) is 17.1. The second-order valence-corrected chi connectivity index (χ2v) is 7.85. The van der Waals surface area contributed by atoms with Crippen molar-refractivity contribution < 1.29 is 9.90 Å². The molecule has 3 aromatic rings. The van der Waals surface area contributed by atoms with Crippen molar-refractivity contribution in [1.29, 1.82) is 0 Å². The number of fused-ring (bicyclic) bond motifs is 2. The summed E-state index contributed by atoms with van der Waals surface area (Å²) in [4.78, 5) is 21.0. The van der Waals surface area contributed by atoms with Gasteiger partial charge in [-0.2, -0.15) is 0 Å². The van der Waals surface area contributed by atoms with Gasteiger partial charge in [-0.3, -0.25) is 4.79 Å². The summed E-state index contributed by atoms with van der Waals surface area (Å²) in [5.74, 6) is 0.169. The van der Waals surface area contributed by atoms with Crippen molar-refractivity contribution in [1.82, 2.24) is 4.98 Å². The van der Waals surface area contributed by atoms with Crippen LogP contribution in [-0.4, -0.2) is 22.0 Å². The standard InChI is InChI=1S/C18H13N3O2S2/c22-13-6-5-10-9-12(17(23)20-18-19-7-8-24-18)21-11-3-1-2-4-14(11)25-16(13)15(10)21/h1-8,12,22H,9H2,(H,19,20,23). The summed E-state index contributed by atoms with van der Waals surface area (Å²) >= 11 is 2.95. The minimum Gasteiger partial charge on any atom is -0.507 e. The smallest absolute Gasteiger partial charge is 0.249 e. The molecule has 124 valence electrons. The SMILES string of the molecule is O=C(Nc1nccs1)C1Cc2ccc(O)c3c2N1c1ccccc1S3. The zero-order chi connectivity index (χ0) is 17.0. The summed E-state index contributed by atoms with van der Waals surface area (Å²) in [7, 11) is 0. The molecular weight excluding hydrogens is 354 g/mol. The summed E-state index contributed by atoms with van der Waals surface area (Å²) < 4.78 is 0. The highest BCUT2D eigenvalue weighted by molar-refractivity contribution is 7.99. The second-order valence-electron chi connectivity index (χ2n) is 5.91. The number of hydrogen-bond donors (Lipinski definition) is 2. The van der Waals surface area contributed by atoms with Crippen LogP contribution in [0.3, 0.4) is 0 Å². The summed E-state index contributed by atoms with van der Waals surface area (Å²) in [6, 6.07) is 11.2. The largest absolute Gasteiger partial charge is 0.507 e. The van der Waals surface area contributed by atoms with Crippen LogP contribution < -0.4 is 10.2 Å². The van der Waals surface area contributed by atoms with Crippen molar-refractivity contribution >= 4 is 45.5 Å². The molecule has 25 heavy (non-hydrogen) atoms. The monoisotopic (exact) mass is 367 g/mol. The molecule has 7 heteroatoms. The predicted octanol–water partition coefficient (Wildman–Crippen LogP) is 4.01.